The highest BCUT2D eigenvalue weighted by molar-refractivity contribution is 5.84. The molecule has 1 aromatic heterocycles. The van der Waals surface area contributed by atoms with E-state index in [1.54, 1.807) is 24.3 Å². The minimum atomic E-state index is -2.24. The molecule has 0 unspecified atom stereocenters. The van der Waals surface area contributed by atoms with Crippen LogP contribution in [-0.4, -0.2) is 13.2 Å². The predicted molar refractivity (Wildman–Crippen MR) is 123 cm³/mol. The number of fused-ring (bicyclic) bond motifs is 2. The van der Waals surface area contributed by atoms with Crippen molar-refractivity contribution in [2.45, 2.75) is 26.4 Å². The van der Waals surface area contributed by atoms with Crippen molar-refractivity contribution in [1.29, 1.82) is 0 Å². The Morgan fingerprint density at radius 1 is 0.865 bits per heavy atom. The van der Waals surface area contributed by atoms with Gasteiger partial charge in [-0.1, -0.05) is 19.4 Å². The molecule has 0 spiro atoms. The van der Waals surface area contributed by atoms with Gasteiger partial charge in [0.25, 0.3) is 0 Å². The van der Waals surface area contributed by atoms with Crippen molar-refractivity contribution in [3.8, 4) is 28.4 Å². The van der Waals surface area contributed by atoms with Crippen LogP contribution in [0.15, 0.2) is 45.8 Å². The molecular weight excluding hydrogens is 499 g/mol. The van der Waals surface area contributed by atoms with Crippen LogP contribution < -0.4 is 19.6 Å². The molecule has 1 aliphatic heterocycles. The van der Waals surface area contributed by atoms with E-state index in [2.05, 4.69) is 0 Å². The van der Waals surface area contributed by atoms with Gasteiger partial charge in [0.15, 0.2) is 34.8 Å². The van der Waals surface area contributed by atoms with E-state index >= 15 is 0 Å². The molecule has 0 aliphatic carbocycles. The summed E-state index contributed by atoms with van der Waals surface area (Å²) < 4.78 is 90.9. The van der Waals surface area contributed by atoms with Crippen molar-refractivity contribution < 1.29 is 40.6 Å². The summed E-state index contributed by atoms with van der Waals surface area (Å²) in [5, 5.41) is 0.236. The average molecular weight is 518 g/mol. The van der Waals surface area contributed by atoms with Crippen LogP contribution in [0.5, 0.6) is 17.2 Å². The SMILES string of the molecule is CCCc1cc2c(=O)c(-c3ccc4c(c3)OCCO4)coc2cc1OCc1c(F)c(F)c(F)c(F)c1F. The van der Waals surface area contributed by atoms with Crippen molar-refractivity contribution in [1.82, 2.24) is 0 Å². The van der Waals surface area contributed by atoms with E-state index in [4.69, 9.17) is 18.6 Å². The molecule has 0 saturated carbocycles. The number of hydrogen-bond acceptors (Lipinski definition) is 5. The minimum absolute atomic E-state index is 0.0912. The largest absolute Gasteiger partial charge is 0.488 e. The molecule has 0 saturated heterocycles. The molecule has 2 heterocycles. The minimum Gasteiger partial charge on any atom is -0.488 e. The Balaban J connectivity index is 1.53. The molecule has 3 aromatic carbocycles. The van der Waals surface area contributed by atoms with Crippen LogP contribution in [0.1, 0.15) is 24.5 Å². The van der Waals surface area contributed by atoms with Crippen LogP contribution in [0.3, 0.4) is 0 Å². The smallest absolute Gasteiger partial charge is 0.200 e. The van der Waals surface area contributed by atoms with E-state index in [-0.39, 0.29) is 27.7 Å². The number of rotatable bonds is 6. The predicted octanol–water partition coefficient (Wildman–Crippen LogP) is 6.46. The highest BCUT2D eigenvalue weighted by Gasteiger charge is 2.26. The molecule has 0 radical (unpaired) electrons. The quantitative estimate of drug-likeness (QED) is 0.167. The lowest BCUT2D eigenvalue weighted by Crippen LogP contribution is -2.15. The van der Waals surface area contributed by atoms with E-state index in [1.807, 2.05) is 6.92 Å². The third-order valence-electron chi connectivity index (χ3n) is 6.00. The monoisotopic (exact) mass is 518 g/mol. The van der Waals surface area contributed by atoms with Crippen LogP contribution in [0.2, 0.25) is 0 Å². The van der Waals surface area contributed by atoms with Crippen LogP contribution in [-0.2, 0) is 13.0 Å². The third kappa shape index (κ3) is 4.36. The molecule has 0 atom stereocenters. The molecule has 192 valence electrons. The fourth-order valence-corrected chi connectivity index (χ4v) is 4.14. The molecule has 5 nitrogen and oxygen atoms in total. The summed E-state index contributed by atoms with van der Waals surface area (Å²) in [7, 11) is 0. The van der Waals surface area contributed by atoms with Gasteiger partial charge in [-0.15, -0.1) is 0 Å². The lowest BCUT2D eigenvalue weighted by Gasteiger charge is -2.18. The molecule has 0 amide bonds. The van der Waals surface area contributed by atoms with E-state index in [9.17, 15) is 26.7 Å². The Morgan fingerprint density at radius 2 is 1.54 bits per heavy atom. The Bertz CT molecular complexity index is 1550. The summed E-state index contributed by atoms with van der Waals surface area (Å²) in [6.07, 6.45) is 2.30. The number of ether oxygens (including phenoxy) is 3. The van der Waals surface area contributed by atoms with Crippen molar-refractivity contribution in [3.63, 3.8) is 0 Å². The zero-order valence-electron chi connectivity index (χ0n) is 19.4. The standard InChI is InChI=1S/C27H19F5O5/c1-2-3-14-8-15-20(10-19(14)36-12-17-22(28)24(30)26(32)25(31)23(17)29)37-11-16(27(15)33)13-4-5-18-21(9-13)35-7-6-34-18/h4-5,8-11H,2-3,6-7,12H2,1H3. The normalized spacial score (nSPS) is 12.7. The maximum atomic E-state index is 14.1. The molecule has 5 rings (SSSR count). The number of halogens is 5. The molecule has 4 aromatic rings. The summed E-state index contributed by atoms with van der Waals surface area (Å²) in [5.41, 5.74) is 0.0329. The van der Waals surface area contributed by atoms with E-state index in [1.165, 1.54) is 12.3 Å². The molecule has 0 N–H and O–H groups in total. The highest BCUT2D eigenvalue weighted by Crippen LogP contribution is 2.35. The highest BCUT2D eigenvalue weighted by atomic mass is 19.2. The molecule has 0 fully saturated rings. The molecule has 37 heavy (non-hydrogen) atoms. The van der Waals surface area contributed by atoms with Crippen LogP contribution in [0.4, 0.5) is 22.0 Å². The summed E-state index contributed by atoms with van der Waals surface area (Å²) in [4.78, 5) is 13.3. The van der Waals surface area contributed by atoms with Gasteiger partial charge in [-0.05, 0) is 35.7 Å². The second-order valence-corrected chi connectivity index (χ2v) is 8.38. The fraction of sp³-hybridized carbons (Fsp3) is 0.222. The summed E-state index contributed by atoms with van der Waals surface area (Å²) >= 11 is 0. The second kappa shape index (κ2) is 9.76. The lowest BCUT2D eigenvalue weighted by molar-refractivity contribution is 0.171. The second-order valence-electron chi connectivity index (χ2n) is 8.38. The first-order chi connectivity index (χ1) is 17.8. The Kier molecular flexibility index (Phi) is 6.49. The van der Waals surface area contributed by atoms with Gasteiger partial charge in [0, 0.05) is 6.07 Å². The van der Waals surface area contributed by atoms with E-state index < -0.39 is 41.3 Å². The van der Waals surface area contributed by atoms with Gasteiger partial charge in [0.1, 0.15) is 37.4 Å². The van der Waals surface area contributed by atoms with Gasteiger partial charge in [0.2, 0.25) is 11.2 Å². The first-order valence-electron chi connectivity index (χ1n) is 11.4. The van der Waals surface area contributed by atoms with Gasteiger partial charge in [0.05, 0.1) is 16.5 Å². The zero-order valence-corrected chi connectivity index (χ0v) is 19.4. The summed E-state index contributed by atoms with van der Waals surface area (Å²) in [6.45, 7) is 1.76. The Labute approximate surface area is 207 Å². The van der Waals surface area contributed by atoms with Gasteiger partial charge in [-0.25, -0.2) is 22.0 Å². The molecular formula is C27H19F5O5. The van der Waals surface area contributed by atoms with Crippen molar-refractivity contribution >= 4 is 11.0 Å². The van der Waals surface area contributed by atoms with Gasteiger partial charge in [-0.2, -0.15) is 0 Å². The first-order valence-corrected chi connectivity index (χ1v) is 11.4. The average Bonchev–Trinajstić information content (AvgIpc) is 2.91. The van der Waals surface area contributed by atoms with E-state index in [0.29, 0.717) is 48.7 Å². The van der Waals surface area contributed by atoms with Crippen LogP contribution in [0.25, 0.3) is 22.1 Å². The fourth-order valence-electron chi connectivity index (χ4n) is 4.14. The Morgan fingerprint density at radius 3 is 2.24 bits per heavy atom. The van der Waals surface area contributed by atoms with Crippen molar-refractivity contribution in [2.24, 2.45) is 0 Å². The maximum Gasteiger partial charge on any atom is 0.200 e. The Hall–Kier alpha value is -4.08. The van der Waals surface area contributed by atoms with Crippen molar-refractivity contribution in [2.75, 3.05) is 13.2 Å². The van der Waals surface area contributed by atoms with Gasteiger partial charge in [-0.3, -0.25) is 4.79 Å². The third-order valence-corrected chi connectivity index (χ3v) is 6.00. The van der Waals surface area contributed by atoms with Gasteiger partial charge >= 0.3 is 0 Å². The van der Waals surface area contributed by atoms with Crippen molar-refractivity contribution in [3.05, 3.63) is 87.0 Å². The number of hydrogen-bond donors (Lipinski definition) is 0. The lowest BCUT2D eigenvalue weighted by atomic mass is 10.0. The maximum absolute atomic E-state index is 14.1. The van der Waals surface area contributed by atoms with Crippen LogP contribution >= 0.6 is 0 Å². The zero-order chi connectivity index (χ0) is 26.3. The first kappa shape index (κ1) is 24.6. The van der Waals surface area contributed by atoms with Crippen LogP contribution in [0, 0.1) is 29.1 Å². The topological polar surface area (TPSA) is 57.9 Å². The number of benzene rings is 3. The summed E-state index contributed by atoms with van der Waals surface area (Å²) in [6, 6.07) is 7.99. The van der Waals surface area contributed by atoms with Gasteiger partial charge < -0.3 is 18.6 Å². The number of aryl methyl sites for hydroxylation is 1. The molecule has 10 heteroatoms. The summed E-state index contributed by atoms with van der Waals surface area (Å²) in [5.74, 6) is -9.12. The molecule has 1 aliphatic rings. The van der Waals surface area contributed by atoms with E-state index in [0.717, 1.165) is 0 Å². The molecule has 0 bridgehead atoms.